The van der Waals surface area contributed by atoms with Gasteiger partial charge in [0.1, 0.15) is 0 Å². The van der Waals surface area contributed by atoms with Crippen LogP contribution in [0.2, 0.25) is 5.02 Å². The molecule has 3 rings (SSSR count). The maximum absolute atomic E-state index is 12.4. The molecule has 118 valence electrons. The fraction of sp³-hybridized carbons (Fsp3) is 0.176. The summed E-state index contributed by atoms with van der Waals surface area (Å²) in [5.74, 6) is 0.828. The molecule has 0 unspecified atom stereocenters. The van der Waals surface area contributed by atoms with Crippen LogP contribution in [-0.4, -0.2) is 16.6 Å². The van der Waals surface area contributed by atoms with Gasteiger partial charge in [-0.2, -0.15) is 0 Å². The number of carbonyl (C=O) groups excluding carboxylic acids is 1. The molecule has 6 heteroatoms. The summed E-state index contributed by atoms with van der Waals surface area (Å²) in [4.78, 5) is 18.0. The minimum absolute atomic E-state index is 0.147. The molecule has 1 N–H and O–H groups in total. The van der Waals surface area contributed by atoms with E-state index in [1.165, 1.54) is 11.3 Å². The number of hydrogen-bond donors (Lipinski definition) is 1. The Bertz CT molecular complexity index is 876. The highest BCUT2D eigenvalue weighted by atomic mass is 35.5. The minimum Gasteiger partial charge on any atom is -0.298 e. The average molecular weight is 363 g/mol. The molecular weight excluding hydrogens is 348 g/mol. The van der Waals surface area contributed by atoms with Crippen LogP contribution in [0.5, 0.6) is 0 Å². The number of fused-ring (bicyclic) bond motifs is 1. The number of benzene rings is 2. The molecule has 0 atom stereocenters. The number of hydrogen-bond acceptors (Lipinski definition) is 4. The number of nitrogens with one attached hydrogen (secondary N) is 1. The molecule has 0 radical (unpaired) electrons. The van der Waals surface area contributed by atoms with Gasteiger partial charge < -0.3 is 0 Å². The smallest absolute Gasteiger partial charge is 0.257 e. The molecule has 1 amide bonds. The van der Waals surface area contributed by atoms with Crippen LogP contribution in [0.3, 0.4) is 0 Å². The Labute approximate surface area is 148 Å². The number of thioether (sulfide) groups is 1. The Morgan fingerprint density at radius 1 is 1.35 bits per heavy atom. The molecule has 23 heavy (non-hydrogen) atoms. The van der Waals surface area contributed by atoms with Gasteiger partial charge >= 0.3 is 0 Å². The first-order valence-corrected chi connectivity index (χ1v) is 9.35. The van der Waals surface area contributed by atoms with Crippen LogP contribution in [0.15, 0.2) is 41.3 Å². The van der Waals surface area contributed by atoms with Gasteiger partial charge in [0.05, 0.1) is 10.2 Å². The molecule has 0 bridgehead atoms. The first kappa shape index (κ1) is 16.3. The van der Waals surface area contributed by atoms with Crippen LogP contribution in [0.25, 0.3) is 10.2 Å². The molecule has 0 spiro atoms. The summed E-state index contributed by atoms with van der Waals surface area (Å²) in [6.07, 6.45) is 0. The van der Waals surface area contributed by atoms with Crippen LogP contribution in [0, 0.1) is 6.92 Å². The highest BCUT2D eigenvalue weighted by molar-refractivity contribution is 7.99. The largest absolute Gasteiger partial charge is 0.298 e. The third-order valence-corrected chi connectivity index (χ3v) is 5.29. The summed E-state index contributed by atoms with van der Waals surface area (Å²) in [6, 6.07) is 11.4. The predicted molar refractivity (Wildman–Crippen MR) is 100 cm³/mol. The summed E-state index contributed by atoms with van der Waals surface area (Å²) in [7, 11) is 0. The molecular formula is C17H15ClN2OS2. The van der Waals surface area contributed by atoms with Gasteiger partial charge in [-0.05, 0) is 48.6 Å². The summed E-state index contributed by atoms with van der Waals surface area (Å²) < 4.78 is 0.973. The molecule has 0 saturated carbocycles. The highest BCUT2D eigenvalue weighted by Gasteiger charge is 2.12. The van der Waals surface area contributed by atoms with E-state index >= 15 is 0 Å². The number of aryl methyl sites for hydroxylation is 1. The topological polar surface area (TPSA) is 42.0 Å². The zero-order chi connectivity index (χ0) is 16.4. The molecule has 0 aliphatic rings. The Kier molecular flexibility index (Phi) is 4.90. The van der Waals surface area contributed by atoms with Gasteiger partial charge in [-0.1, -0.05) is 35.9 Å². The SMILES string of the molecule is CCSc1cccc(C(=O)Nc2nc3c(C)cc(Cl)cc3s2)c1. The number of anilines is 1. The fourth-order valence-electron chi connectivity index (χ4n) is 2.27. The first-order valence-electron chi connectivity index (χ1n) is 7.17. The molecule has 0 fully saturated rings. The van der Waals surface area contributed by atoms with E-state index in [1.807, 2.05) is 43.3 Å². The highest BCUT2D eigenvalue weighted by Crippen LogP contribution is 2.31. The maximum atomic E-state index is 12.4. The van der Waals surface area contributed by atoms with E-state index in [9.17, 15) is 4.79 Å². The normalized spacial score (nSPS) is 10.9. The van der Waals surface area contributed by atoms with Crippen LogP contribution in [-0.2, 0) is 0 Å². The number of carbonyl (C=O) groups is 1. The van der Waals surface area contributed by atoms with E-state index in [1.54, 1.807) is 11.8 Å². The van der Waals surface area contributed by atoms with Crippen molar-refractivity contribution in [3.8, 4) is 0 Å². The lowest BCUT2D eigenvalue weighted by molar-refractivity contribution is 0.102. The Morgan fingerprint density at radius 2 is 2.17 bits per heavy atom. The number of thiazole rings is 1. The van der Waals surface area contributed by atoms with Crippen LogP contribution >= 0.6 is 34.7 Å². The van der Waals surface area contributed by atoms with Crippen molar-refractivity contribution >= 4 is 56.0 Å². The molecule has 3 nitrogen and oxygen atoms in total. The molecule has 0 aliphatic carbocycles. The Hall–Kier alpha value is -1.56. The predicted octanol–water partition coefficient (Wildman–Crippen LogP) is 5.62. The zero-order valence-corrected chi connectivity index (χ0v) is 15.1. The minimum atomic E-state index is -0.147. The lowest BCUT2D eigenvalue weighted by Crippen LogP contribution is -2.11. The maximum Gasteiger partial charge on any atom is 0.257 e. The second-order valence-electron chi connectivity index (χ2n) is 5.00. The molecule has 0 saturated heterocycles. The van der Waals surface area contributed by atoms with Crippen molar-refractivity contribution in [3.05, 3.63) is 52.5 Å². The molecule has 0 aliphatic heterocycles. The van der Waals surface area contributed by atoms with Crippen LogP contribution in [0.1, 0.15) is 22.8 Å². The molecule has 1 heterocycles. The third-order valence-electron chi connectivity index (χ3n) is 3.28. The summed E-state index contributed by atoms with van der Waals surface area (Å²) in [6.45, 7) is 4.05. The van der Waals surface area contributed by atoms with E-state index in [0.29, 0.717) is 15.7 Å². The van der Waals surface area contributed by atoms with Crippen molar-refractivity contribution in [3.63, 3.8) is 0 Å². The Balaban J connectivity index is 1.85. The van der Waals surface area contributed by atoms with Gasteiger partial charge in [-0.25, -0.2) is 4.98 Å². The van der Waals surface area contributed by atoms with E-state index in [4.69, 9.17) is 11.6 Å². The van der Waals surface area contributed by atoms with Crippen molar-refractivity contribution in [1.29, 1.82) is 0 Å². The quantitative estimate of drug-likeness (QED) is 0.612. The molecule has 3 aromatic rings. The van der Waals surface area contributed by atoms with Gasteiger partial charge in [-0.3, -0.25) is 10.1 Å². The lowest BCUT2D eigenvalue weighted by Gasteiger charge is -2.04. The van der Waals surface area contributed by atoms with Gasteiger partial charge in [-0.15, -0.1) is 11.8 Å². The fourth-order valence-corrected chi connectivity index (χ4v) is 4.30. The number of halogens is 1. The van der Waals surface area contributed by atoms with Gasteiger partial charge in [0, 0.05) is 15.5 Å². The second-order valence-corrected chi connectivity index (χ2v) is 7.81. The number of nitrogens with zero attached hydrogens (tertiary/aromatic N) is 1. The summed E-state index contributed by atoms with van der Waals surface area (Å²) in [5.41, 5.74) is 2.52. The molecule has 1 aromatic heterocycles. The standard InChI is InChI=1S/C17H15ClN2OS2/c1-3-22-13-6-4-5-11(8-13)16(21)20-17-19-15-10(2)7-12(18)9-14(15)23-17/h4-9H,3H2,1-2H3,(H,19,20,21). The van der Waals surface area contributed by atoms with Crippen molar-refractivity contribution in [1.82, 2.24) is 4.98 Å². The Morgan fingerprint density at radius 3 is 2.96 bits per heavy atom. The van der Waals surface area contributed by atoms with Crippen molar-refractivity contribution in [2.75, 3.05) is 11.1 Å². The monoisotopic (exact) mass is 362 g/mol. The first-order chi connectivity index (χ1) is 11.1. The number of aromatic nitrogens is 1. The van der Waals surface area contributed by atoms with Crippen molar-refractivity contribution in [2.45, 2.75) is 18.7 Å². The van der Waals surface area contributed by atoms with Crippen LogP contribution in [0.4, 0.5) is 5.13 Å². The third kappa shape index (κ3) is 3.68. The average Bonchev–Trinajstić information content (AvgIpc) is 2.90. The van der Waals surface area contributed by atoms with Gasteiger partial charge in [0.15, 0.2) is 5.13 Å². The summed E-state index contributed by atoms with van der Waals surface area (Å²) >= 11 is 9.21. The number of rotatable bonds is 4. The van der Waals surface area contributed by atoms with E-state index < -0.39 is 0 Å². The van der Waals surface area contributed by atoms with Gasteiger partial charge in [0.2, 0.25) is 0 Å². The van der Waals surface area contributed by atoms with Crippen molar-refractivity contribution < 1.29 is 4.79 Å². The zero-order valence-electron chi connectivity index (χ0n) is 12.7. The summed E-state index contributed by atoms with van der Waals surface area (Å²) in [5, 5.41) is 4.15. The van der Waals surface area contributed by atoms with E-state index in [-0.39, 0.29) is 5.91 Å². The van der Waals surface area contributed by atoms with Gasteiger partial charge in [0.25, 0.3) is 5.91 Å². The van der Waals surface area contributed by atoms with E-state index in [0.717, 1.165) is 26.4 Å². The van der Waals surface area contributed by atoms with Crippen LogP contribution < -0.4 is 5.32 Å². The number of amides is 1. The van der Waals surface area contributed by atoms with E-state index in [2.05, 4.69) is 17.2 Å². The second kappa shape index (κ2) is 6.91. The van der Waals surface area contributed by atoms with Crippen molar-refractivity contribution in [2.24, 2.45) is 0 Å². The molecule has 2 aromatic carbocycles. The lowest BCUT2D eigenvalue weighted by atomic mass is 10.2.